The second-order valence-corrected chi connectivity index (χ2v) is 7.51. The van der Waals surface area contributed by atoms with Gasteiger partial charge in [-0.05, 0) is 24.1 Å². The van der Waals surface area contributed by atoms with Crippen LogP contribution in [0.15, 0.2) is 30.3 Å². The van der Waals surface area contributed by atoms with Crippen molar-refractivity contribution in [1.82, 2.24) is 0 Å². The van der Waals surface area contributed by atoms with Crippen molar-refractivity contribution in [2.45, 2.75) is 32.2 Å². The monoisotopic (exact) mass is 546 g/mol. The van der Waals surface area contributed by atoms with E-state index in [0.717, 1.165) is 12.1 Å². The Bertz CT molecular complexity index is 1290. The van der Waals surface area contributed by atoms with Crippen LogP contribution in [0.3, 0.4) is 0 Å². The molecule has 0 radical (unpaired) electrons. The number of phenols is 1. The van der Waals surface area contributed by atoms with Gasteiger partial charge in [-0.25, -0.2) is 26.3 Å². The third-order valence-corrected chi connectivity index (χ3v) is 4.81. The Morgan fingerprint density at radius 1 is 0.703 bits per heavy atom. The van der Waals surface area contributed by atoms with Crippen LogP contribution in [0.2, 0.25) is 0 Å². The highest BCUT2D eigenvalue weighted by atomic mass is 19.4. The molecule has 0 aliphatic carbocycles. The Labute approximate surface area is 200 Å². The lowest BCUT2D eigenvalue weighted by atomic mass is 9.96. The summed E-state index contributed by atoms with van der Waals surface area (Å²) in [6.07, 6.45) is -10.1. The molecule has 0 aliphatic rings. The highest BCUT2D eigenvalue weighted by molar-refractivity contribution is 5.73. The molecule has 3 rings (SSSR count). The molecule has 3 nitrogen and oxygen atoms in total. The lowest BCUT2D eigenvalue weighted by molar-refractivity contribution is -0.276. The zero-order valence-corrected chi connectivity index (χ0v) is 18.2. The molecule has 3 aromatic rings. The predicted molar refractivity (Wildman–Crippen MR) is 105 cm³/mol. The van der Waals surface area contributed by atoms with Crippen molar-refractivity contribution in [3.05, 3.63) is 76.4 Å². The van der Waals surface area contributed by atoms with Gasteiger partial charge < -0.3 is 14.6 Å². The van der Waals surface area contributed by atoms with Gasteiger partial charge in [0.05, 0.1) is 11.1 Å². The number of rotatable bonds is 7. The highest BCUT2D eigenvalue weighted by Gasteiger charge is 2.44. The molecule has 1 N–H and O–H groups in total. The van der Waals surface area contributed by atoms with Gasteiger partial charge in [0.2, 0.25) is 5.75 Å². The number of halogens is 11. The molecule has 14 heteroatoms. The molecule has 0 spiro atoms. The molecule has 0 bridgehead atoms. The number of aryl methyl sites for hydroxylation is 1. The molecule has 0 saturated carbocycles. The Morgan fingerprint density at radius 2 is 1.24 bits per heavy atom. The standard InChI is InChI=1S/C23H13F11O3/c1-2-3-9-4-11(24)17(12(25)5-9)18-16(35)8-13(26)19(20(18)29)22(30,31)36-10-6-14(27)21(15(28)7-10)37-23(32,33)34/h4-8,35H,2-3H2,1H3. The van der Waals surface area contributed by atoms with Crippen molar-refractivity contribution >= 4 is 0 Å². The summed E-state index contributed by atoms with van der Waals surface area (Å²) >= 11 is 0. The minimum atomic E-state index is -5.55. The molecule has 0 aromatic heterocycles. The van der Waals surface area contributed by atoms with Crippen LogP contribution in [-0.2, 0) is 12.5 Å². The van der Waals surface area contributed by atoms with Crippen LogP contribution in [0.5, 0.6) is 17.2 Å². The summed E-state index contributed by atoms with van der Waals surface area (Å²) in [5.41, 5.74) is -5.05. The van der Waals surface area contributed by atoms with Gasteiger partial charge in [0, 0.05) is 18.2 Å². The summed E-state index contributed by atoms with van der Waals surface area (Å²) in [6, 6.07) is 0.996. The lowest BCUT2D eigenvalue weighted by Crippen LogP contribution is -2.26. The summed E-state index contributed by atoms with van der Waals surface area (Å²) in [4.78, 5) is 0. The van der Waals surface area contributed by atoms with E-state index in [1.54, 1.807) is 6.92 Å². The average molecular weight is 546 g/mol. The van der Waals surface area contributed by atoms with Gasteiger partial charge in [-0.15, -0.1) is 13.2 Å². The molecule has 0 unspecified atom stereocenters. The van der Waals surface area contributed by atoms with Crippen molar-refractivity contribution in [1.29, 1.82) is 0 Å². The first-order chi connectivity index (χ1) is 17.1. The van der Waals surface area contributed by atoms with Crippen LogP contribution in [-0.4, -0.2) is 11.5 Å². The fourth-order valence-electron chi connectivity index (χ4n) is 3.42. The van der Waals surface area contributed by atoms with Crippen LogP contribution in [0.25, 0.3) is 11.1 Å². The zero-order chi connectivity index (χ0) is 27.9. The third kappa shape index (κ3) is 5.83. The molecule has 0 heterocycles. The Hall–Kier alpha value is -3.71. The van der Waals surface area contributed by atoms with E-state index in [4.69, 9.17) is 0 Å². The lowest BCUT2D eigenvalue weighted by Gasteiger charge is -2.22. The summed E-state index contributed by atoms with van der Waals surface area (Å²) in [5, 5.41) is 9.92. The van der Waals surface area contributed by atoms with Gasteiger partial charge in [-0.2, -0.15) is 8.78 Å². The minimum absolute atomic E-state index is 0.106. The van der Waals surface area contributed by atoms with E-state index < -0.39 is 81.3 Å². The van der Waals surface area contributed by atoms with Crippen LogP contribution >= 0.6 is 0 Å². The Kier molecular flexibility index (Phi) is 7.52. The molecular weight excluding hydrogens is 533 g/mol. The molecule has 0 aliphatic heterocycles. The van der Waals surface area contributed by atoms with Gasteiger partial charge in [-0.1, -0.05) is 13.3 Å². The summed E-state index contributed by atoms with van der Waals surface area (Å²) in [7, 11) is 0. The molecule has 200 valence electrons. The summed E-state index contributed by atoms with van der Waals surface area (Å²) in [6.45, 7) is 1.68. The number of ether oxygens (including phenoxy) is 2. The van der Waals surface area contributed by atoms with Crippen LogP contribution in [0.1, 0.15) is 24.5 Å². The first-order valence-electron chi connectivity index (χ1n) is 10.1. The van der Waals surface area contributed by atoms with Crippen molar-refractivity contribution in [3.8, 4) is 28.4 Å². The van der Waals surface area contributed by atoms with Gasteiger partial charge in [-0.3, -0.25) is 0 Å². The number of hydrogen-bond donors (Lipinski definition) is 1. The fraction of sp³-hybridized carbons (Fsp3) is 0.217. The molecule has 0 fully saturated rings. The molecule has 0 saturated heterocycles. The number of alkyl halides is 5. The van der Waals surface area contributed by atoms with Gasteiger partial charge in [0.15, 0.2) is 17.5 Å². The highest BCUT2D eigenvalue weighted by Crippen LogP contribution is 2.44. The maximum absolute atomic E-state index is 15.1. The van der Waals surface area contributed by atoms with E-state index in [-0.39, 0.29) is 30.2 Å². The minimum Gasteiger partial charge on any atom is -0.507 e. The summed E-state index contributed by atoms with van der Waals surface area (Å²) < 4.78 is 160. The SMILES string of the molecule is CCCc1cc(F)c(-c2c(O)cc(F)c(C(F)(F)Oc3cc(F)c(OC(F)(F)F)c(F)c3)c2F)c(F)c1. The van der Waals surface area contributed by atoms with E-state index in [1.165, 1.54) is 0 Å². The predicted octanol–water partition coefficient (Wildman–Crippen LogP) is 7.87. The largest absolute Gasteiger partial charge is 0.573 e. The van der Waals surface area contributed by atoms with E-state index in [1.807, 2.05) is 0 Å². The van der Waals surface area contributed by atoms with Gasteiger partial charge in [0.25, 0.3) is 0 Å². The van der Waals surface area contributed by atoms with Crippen LogP contribution in [0.4, 0.5) is 48.3 Å². The second kappa shape index (κ2) is 9.98. The number of hydrogen-bond acceptors (Lipinski definition) is 3. The Morgan fingerprint density at radius 3 is 1.73 bits per heavy atom. The number of phenolic OH excluding ortho intramolecular Hbond substituents is 1. The van der Waals surface area contributed by atoms with Gasteiger partial charge >= 0.3 is 12.5 Å². The Balaban J connectivity index is 2.10. The van der Waals surface area contributed by atoms with Crippen LogP contribution in [0, 0.1) is 34.9 Å². The topological polar surface area (TPSA) is 38.7 Å². The van der Waals surface area contributed by atoms with Crippen molar-refractivity contribution in [2.24, 2.45) is 0 Å². The van der Waals surface area contributed by atoms with E-state index >= 15 is 4.39 Å². The van der Waals surface area contributed by atoms with E-state index in [0.29, 0.717) is 6.42 Å². The van der Waals surface area contributed by atoms with E-state index in [2.05, 4.69) is 9.47 Å². The maximum Gasteiger partial charge on any atom is 0.573 e. The second-order valence-electron chi connectivity index (χ2n) is 7.51. The normalized spacial score (nSPS) is 12.1. The molecule has 37 heavy (non-hydrogen) atoms. The molecular formula is C23H13F11O3. The molecule has 0 atom stereocenters. The fourth-order valence-corrected chi connectivity index (χ4v) is 3.42. The van der Waals surface area contributed by atoms with Crippen molar-refractivity contribution in [2.75, 3.05) is 0 Å². The quantitative estimate of drug-likeness (QED) is 0.307. The molecule has 3 aromatic carbocycles. The average Bonchev–Trinajstić information content (AvgIpc) is 2.71. The number of benzene rings is 3. The first kappa shape index (κ1) is 27.9. The van der Waals surface area contributed by atoms with Gasteiger partial charge in [0.1, 0.15) is 34.5 Å². The van der Waals surface area contributed by atoms with Crippen LogP contribution < -0.4 is 9.47 Å². The smallest absolute Gasteiger partial charge is 0.507 e. The maximum atomic E-state index is 15.1. The zero-order valence-electron chi connectivity index (χ0n) is 18.2. The molecule has 0 amide bonds. The summed E-state index contributed by atoms with van der Waals surface area (Å²) in [5.74, 6) is -16.9. The van der Waals surface area contributed by atoms with Crippen molar-refractivity contribution in [3.63, 3.8) is 0 Å². The van der Waals surface area contributed by atoms with Crippen molar-refractivity contribution < 1.29 is 62.9 Å². The third-order valence-electron chi connectivity index (χ3n) is 4.81. The first-order valence-corrected chi connectivity index (χ1v) is 10.1. The van der Waals surface area contributed by atoms with E-state index in [9.17, 15) is 49.0 Å². The number of aromatic hydroxyl groups is 1.